The van der Waals surface area contributed by atoms with E-state index in [1.165, 1.54) is 41.8 Å². The molecule has 3 aliphatic heterocycles. The van der Waals surface area contributed by atoms with Crippen LogP contribution in [0.25, 0.3) is 0 Å². The molecule has 0 spiro atoms. The molecule has 0 radical (unpaired) electrons. The van der Waals surface area contributed by atoms with Crippen molar-refractivity contribution in [2.45, 2.75) is 50.3 Å². The molecule has 0 aliphatic carbocycles. The molecule has 14 heteroatoms. The summed E-state index contributed by atoms with van der Waals surface area (Å²) in [5.41, 5.74) is 0.986. The number of nitrogens with one attached hydrogen (secondary N) is 1. The Bertz CT molecular complexity index is 1530. The molecule has 2 fully saturated rings. The summed E-state index contributed by atoms with van der Waals surface area (Å²) in [6.45, 7) is 4.04. The Labute approximate surface area is 266 Å². The molecule has 2 amide bonds. The van der Waals surface area contributed by atoms with Gasteiger partial charge in [0.1, 0.15) is 5.70 Å². The lowest BCUT2D eigenvalue weighted by molar-refractivity contribution is -0.163. The molecule has 2 aromatic carbocycles. The van der Waals surface area contributed by atoms with E-state index in [2.05, 4.69) is 5.32 Å². The number of thioether (sulfide) groups is 1. The number of rotatable bonds is 9. The summed E-state index contributed by atoms with van der Waals surface area (Å²) < 4.78 is 0. The Balaban J connectivity index is 1.42. The second-order valence-electron chi connectivity index (χ2n) is 10.9. The zero-order valence-corrected chi connectivity index (χ0v) is 26.0. The number of anilines is 1. The van der Waals surface area contributed by atoms with Gasteiger partial charge in [-0.15, -0.1) is 11.8 Å². The quantitative estimate of drug-likeness (QED) is 0.218. The number of carbonyl (C=O) groups is 4. The summed E-state index contributed by atoms with van der Waals surface area (Å²) >= 11 is 20.0. The van der Waals surface area contributed by atoms with Crippen LogP contribution in [0.15, 0.2) is 47.0 Å². The molecular weight excluding hydrogens is 641 g/mol. The fourth-order valence-electron chi connectivity index (χ4n) is 6.14. The van der Waals surface area contributed by atoms with E-state index in [4.69, 9.17) is 34.8 Å². The van der Waals surface area contributed by atoms with E-state index < -0.39 is 42.0 Å². The highest BCUT2D eigenvalue weighted by molar-refractivity contribution is 8.03. The predicted octanol–water partition coefficient (Wildman–Crippen LogP) is 4.81. The zero-order chi connectivity index (χ0) is 31.3. The molecule has 4 N–H and O–H groups in total. The molecule has 2 saturated heterocycles. The van der Waals surface area contributed by atoms with Gasteiger partial charge in [0.2, 0.25) is 11.8 Å². The highest BCUT2D eigenvalue weighted by atomic mass is 35.5. The fraction of sp³-hybridized carbons (Fsp3) is 0.379. The molecule has 228 valence electrons. The van der Waals surface area contributed by atoms with Gasteiger partial charge in [-0.05, 0) is 49.2 Å². The van der Waals surface area contributed by atoms with E-state index in [0.717, 1.165) is 0 Å². The van der Waals surface area contributed by atoms with Gasteiger partial charge in [-0.25, -0.2) is 9.59 Å². The molecule has 43 heavy (non-hydrogen) atoms. The van der Waals surface area contributed by atoms with E-state index in [1.54, 1.807) is 18.2 Å². The van der Waals surface area contributed by atoms with E-state index in [-0.39, 0.29) is 49.9 Å². The Kier molecular flexibility index (Phi) is 9.04. The molecule has 5 rings (SSSR count). The standard InChI is InChI=1S/C29H28Cl3N3O7S/c1-12-23-21(13(2)36)27(38)35(23)24(29(41)42)25(12)43-17-9-20(26(37)33-16-5-3-4-15(8-16)28(39)40)34(11-17)10-14-6-18(30)22(32)19(31)7-14/h3-8,12-13,17,20-21,23,36H,9-11H2,1-2H3,(H,33,37)(H,39,40)(H,41,42)/t12-,13-,17+,20+,21-,23-/m1/s1. The number of β-lactam (4-membered cyclic amide) rings is 1. The second-order valence-corrected chi connectivity index (χ2v) is 13.5. The van der Waals surface area contributed by atoms with Gasteiger partial charge in [0.05, 0.1) is 44.7 Å². The van der Waals surface area contributed by atoms with Crippen molar-refractivity contribution in [2.75, 3.05) is 11.9 Å². The number of carboxylic acids is 2. The third kappa shape index (κ3) is 5.99. The lowest BCUT2D eigenvalue weighted by Gasteiger charge is -2.46. The molecular formula is C29H28Cl3N3O7S. The maximum absolute atomic E-state index is 13.6. The van der Waals surface area contributed by atoms with E-state index in [0.29, 0.717) is 29.1 Å². The molecule has 10 nitrogen and oxygen atoms in total. The number of likely N-dealkylation sites (tertiary alicyclic amines) is 1. The van der Waals surface area contributed by atoms with Crippen LogP contribution in [0.3, 0.4) is 0 Å². The number of fused-ring (bicyclic) bond motifs is 1. The van der Waals surface area contributed by atoms with Crippen LogP contribution in [-0.2, 0) is 20.9 Å². The first-order valence-electron chi connectivity index (χ1n) is 13.4. The monoisotopic (exact) mass is 667 g/mol. The van der Waals surface area contributed by atoms with Crippen molar-refractivity contribution in [1.29, 1.82) is 0 Å². The summed E-state index contributed by atoms with van der Waals surface area (Å²) in [7, 11) is 0. The first-order valence-corrected chi connectivity index (χ1v) is 15.5. The molecule has 0 bridgehead atoms. The number of benzene rings is 2. The number of aliphatic hydroxyl groups is 1. The average Bonchev–Trinajstić information content (AvgIpc) is 3.43. The largest absolute Gasteiger partial charge is 0.478 e. The summed E-state index contributed by atoms with van der Waals surface area (Å²) in [5.74, 6) is -4.12. The number of carboxylic acid groups (broad SMARTS) is 2. The van der Waals surface area contributed by atoms with E-state index >= 15 is 0 Å². The maximum Gasteiger partial charge on any atom is 0.353 e. The number of hydrogen-bond acceptors (Lipinski definition) is 7. The Morgan fingerprint density at radius 1 is 1.09 bits per heavy atom. The second kappa shape index (κ2) is 12.3. The van der Waals surface area contributed by atoms with Crippen LogP contribution in [0.2, 0.25) is 15.1 Å². The van der Waals surface area contributed by atoms with Gasteiger partial charge in [-0.2, -0.15) is 0 Å². The molecule has 3 aliphatic rings. The molecule has 3 heterocycles. The van der Waals surface area contributed by atoms with Gasteiger partial charge in [0, 0.05) is 34.8 Å². The van der Waals surface area contributed by atoms with Crippen LogP contribution < -0.4 is 5.32 Å². The maximum atomic E-state index is 13.6. The number of aliphatic carboxylic acids is 1. The number of carbonyl (C=O) groups excluding carboxylic acids is 2. The number of aliphatic hydroxyl groups excluding tert-OH is 1. The van der Waals surface area contributed by atoms with Gasteiger partial charge in [0.25, 0.3) is 0 Å². The zero-order valence-electron chi connectivity index (χ0n) is 23.0. The number of amides is 2. The third-order valence-electron chi connectivity index (χ3n) is 8.08. The minimum atomic E-state index is -1.22. The van der Waals surface area contributed by atoms with Crippen molar-refractivity contribution in [1.82, 2.24) is 9.80 Å². The number of nitrogens with zero attached hydrogens (tertiary/aromatic N) is 2. The lowest BCUT2D eigenvalue weighted by atomic mass is 9.79. The molecule has 6 atom stereocenters. The van der Waals surface area contributed by atoms with Crippen LogP contribution in [0.5, 0.6) is 0 Å². The predicted molar refractivity (Wildman–Crippen MR) is 163 cm³/mol. The van der Waals surface area contributed by atoms with Gasteiger partial charge in [-0.1, -0.05) is 47.8 Å². The Morgan fingerprint density at radius 2 is 1.77 bits per heavy atom. The first-order chi connectivity index (χ1) is 20.3. The van der Waals surface area contributed by atoms with Crippen molar-refractivity contribution >= 4 is 76.0 Å². The smallest absolute Gasteiger partial charge is 0.353 e. The SMILES string of the molecule is C[C@@H](O)[C@H]1C(=O)N2C(C(=O)O)=C(S[C@H]3C[C@@H](C(=O)Nc4cccc(C(=O)O)c4)N(Cc4cc(Cl)c(Cl)c(Cl)c4)C3)[C@H](C)[C@H]12. The van der Waals surface area contributed by atoms with Crippen LogP contribution in [-0.4, -0.2) is 78.9 Å². The van der Waals surface area contributed by atoms with E-state index in [1.807, 2.05) is 11.8 Å². The molecule has 0 aromatic heterocycles. The van der Waals surface area contributed by atoms with E-state index in [9.17, 15) is 34.5 Å². The van der Waals surface area contributed by atoms with Gasteiger partial charge >= 0.3 is 11.9 Å². The van der Waals surface area contributed by atoms with Crippen LogP contribution in [0.4, 0.5) is 5.69 Å². The highest BCUT2D eigenvalue weighted by Crippen LogP contribution is 2.52. The van der Waals surface area contributed by atoms with Crippen molar-refractivity contribution < 1.29 is 34.5 Å². The molecule has 0 saturated carbocycles. The summed E-state index contributed by atoms with van der Waals surface area (Å²) in [6, 6.07) is 8.14. The molecule has 0 unspecified atom stereocenters. The third-order valence-corrected chi connectivity index (χ3v) is 10.8. The average molecular weight is 669 g/mol. The normalized spacial score (nSPS) is 25.9. The lowest BCUT2D eigenvalue weighted by Crippen LogP contribution is -2.63. The number of hydrogen-bond donors (Lipinski definition) is 4. The summed E-state index contributed by atoms with van der Waals surface area (Å²) in [4.78, 5) is 53.9. The number of halogens is 3. The number of aromatic carboxylic acids is 1. The van der Waals surface area contributed by atoms with Crippen molar-refractivity contribution in [3.05, 3.63) is 73.2 Å². The van der Waals surface area contributed by atoms with Crippen LogP contribution in [0.1, 0.15) is 36.2 Å². The van der Waals surface area contributed by atoms with Gasteiger partial charge in [0.15, 0.2) is 0 Å². The van der Waals surface area contributed by atoms with Crippen LogP contribution >= 0.6 is 46.6 Å². The Hall–Kier alpha value is -2.80. The fourth-order valence-corrected chi connectivity index (χ4v) is 8.34. The van der Waals surface area contributed by atoms with Gasteiger partial charge in [-0.3, -0.25) is 14.5 Å². The molecule has 2 aromatic rings. The first kappa shape index (κ1) is 31.6. The topological polar surface area (TPSA) is 147 Å². The minimum Gasteiger partial charge on any atom is -0.478 e. The van der Waals surface area contributed by atoms with Crippen molar-refractivity contribution in [3.8, 4) is 0 Å². The summed E-state index contributed by atoms with van der Waals surface area (Å²) in [6.07, 6.45) is -0.575. The van der Waals surface area contributed by atoms with Crippen molar-refractivity contribution in [3.63, 3.8) is 0 Å². The van der Waals surface area contributed by atoms with Crippen molar-refractivity contribution in [2.24, 2.45) is 11.8 Å². The highest BCUT2D eigenvalue weighted by Gasteiger charge is 2.60. The summed E-state index contributed by atoms with van der Waals surface area (Å²) in [5, 5.41) is 32.9. The Morgan fingerprint density at radius 3 is 2.37 bits per heavy atom. The minimum absolute atomic E-state index is 0.0259. The van der Waals surface area contributed by atoms with Gasteiger partial charge < -0.3 is 25.5 Å². The van der Waals surface area contributed by atoms with Crippen LogP contribution in [0, 0.1) is 11.8 Å².